The topological polar surface area (TPSA) is 43.1 Å². The quantitative estimate of drug-likeness (QED) is 0.812. The summed E-state index contributed by atoms with van der Waals surface area (Å²) < 4.78 is 0. The predicted octanol–water partition coefficient (Wildman–Crippen LogP) is 2.38. The third kappa shape index (κ3) is 2.93. The molecule has 1 aromatic rings. The van der Waals surface area contributed by atoms with Crippen LogP contribution in [0.15, 0.2) is 16.8 Å². The van der Waals surface area contributed by atoms with Gasteiger partial charge >= 0.3 is 0 Å². The molecule has 3 heteroatoms. The lowest BCUT2D eigenvalue weighted by Gasteiger charge is -2.20. The molecule has 1 aromatic heterocycles. The first-order valence-electron chi connectivity index (χ1n) is 4.89. The number of aryl methyl sites for hydroxylation is 1. The highest BCUT2D eigenvalue weighted by Crippen LogP contribution is 2.13. The molecule has 0 aliphatic rings. The molecule has 0 bridgehead atoms. The molecule has 1 atom stereocenters. The van der Waals surface area contributed by atoms with E-state index in [4.69, 9.17) is 5.73 Å². The molecule has 0 spiro atoms. The second-order valence-electron chi connectivity index (χ2n) is 3.83. The maximum absolute atomic E-state index is 11.7. The molecule has 2 nitrogen and oxygen atoms in total. The van der Waals surface area contributed by atoms with Gasteiger partial charge in [-0.2, -0.15) is 11.3 Å². The third-order valence-electron chi connectivity index (χ3n) is 2.59. The molecule has 0 saturated heterocycles. The molecular formula is C11H17NOS. The van der Waals surface area contributed by atoms with E-state index in [1.54, 1.807) is 11.3 Å². The van der Waals surface area contributed by atoms with Crippen LogP contribution >= 0.6 is 11.3 Å². The van der Waals surface area contributed by atoms with E-state index in [2.05, 4.69) is 11.4 Å². The summed E-state index contributed by atoms with van der Waals surface area (Å²) in [6.45, 7) is 3.76. The van der Waals surface area contributed by atoms with Crippen molar-refractivity contribution in [2.24, 2.45) is 5.73 Å². The van der Waals surface area contributed by atoms with Gasteiger partial charge in [0.25, 0.3) is 0 Å². The van der Waals surface area contributed by atoms with Gasteiger partial charge in [-0.1, -0.05) is 6.92 Å². The first-order valence-corrected chi connectivity index (χ1v) is 5.84. The van der Waals surface area contributed by atoms with Crippen LogP contribution in [0.1, 0.15) is 32.3 Å². The summed E-state index contributed by atoms with van der Waals surface area (Å²) in [4.78, 5) is 11.7. The van der Waals surface area contributed by atoms with Crippen LogP contribution in [0.3, 0.4) is 0 Å². The summed E-state index contributed by atoms with van der Waals surface area (Å²) in [6.07, 6.45) is 2.07. The van der Waals surface area contributed by atoms with Gasteiger partial charge < -0.3 is 5.73 Å². The van der Waals surface area contributed by atoms with E-state index in [0.717, 1.165) is 6.42 Å². The fourth-order valence-corrected chi connectivity index (χ4v) is 1.88. The third-order valence-corrected chi connectivity index (χ3v) is 3.32. The normalized spacial score (nSPS) is 15.1. The number of nitrogens with two attached hydrogens (primary N) is 1. The van der Waals surface area contributed by atoms with Crippen molar-refractivity contribution in [3.63, 3.8) is 0 Å². The zero-order valence-corrected chi connectivity index (χ0v) is 9.56. The van der Waals surface area contributed by atoms with Gasteiger partial charge in [-0.05, 0) is 42.2 Å². The molecule has 0 fully saturated rings. The van der Waals surface area contributed by atoms with Crippen molar-refractivity contribution in [3.05, 3.63) is 22.4 Å². The molecule has 1 heterocycles. The van der Waals surface area contributed by atoms with E-state index in [1.165, 1.54) is 5.56 Å². The van der Waals surface area contributed by atoms with Gasteiger partial charge in [-0.3, -0.25) is 4.79 Å². The van der Waals surface area contributed by atoms with E-state index in [1.807, 2.05) is 19.2 Å². The van der Waals surface area contributed by atoms with Crippen molar-refractivity contribution >= 4 is 17.1 Å². The highest BCUT2D eigenvalue weighted by Gasteiger charge is 2.24. The van der Waals surface area contributed by atoms with Gasteiger partial charge in [-0.25, -0.2) is 0 Å². The number of ketones is 1. The van der Waals surface area contributed by atoms with Gasteiger partial charge in [-0.15, -0.1) is 0 Å². The first-order chi connectivity index (χ1) is 6.56. The number of carbonyl (C=O) groups is 1. The highest BCUT2D eigenvalue weighted by atomic mass is 32.1. The Balaban J connectivity index is 2.43. The van der Waals surface area contributed by atoms with Crippen molar-refractivity contribution < 1.29 is 4.79 Å². The lowest BCUT2D eigenvalue weighted by atomic mass is 9.91. The van der Waals surface area contributed by atoms with Crippen LogP contribution in [0.2, 0.25) is 0 Å². The van der Waals surface area contributed by atoms with Crippen molar-refractivity contribution in [1.29, 1.82) is 0 Å². The Kier molecular flexibility index (Phi) is 3.84. The van der Waals surface area contributed by atoms with Crippen molar-refractivity contribution in [2.75, 3.05) is 0 Å². The number of thiophene rings is 1. The highest BCUT2D eigenvalue weighted by molar-refractivity contribution is 7.07. The van der Waals surface area contributed by atoms with Crippen LogP contribution in [0.4, 0.5) is 0 Å². The van der Waals surface area contributed by atoms with E-state index in [-0.39, 0.29) is 5.78 Å². The Bertz CT molecular complexity index is 290. The summed E-state index contributed by atoms with van der Waals surface area (Å²) in [6, 6.07) is 2.05. The van der Waals surface area contributed by atoms with Crippen LogP contribution in [0.25, 0.3) is 0 Å². The number of hydrogen-bond acceptors (Lipinski definition) is 3. The number of rotatable bonds is 5. The second-order valence-corrected chi connectivity index (χ2v) is 4.61. The standard InChI is InChI=1S/C11H17NOS/c1-3-11(2,12)10(13)5-4-9-6-7-14-8-9/h6-8H,3-5,12H2,1-2H3. The molecule has 78 valence electrons. The van der Waals surface area contributed by atoms with Crippen molar-refractivity contribution in [1.82, 2.24) is 0 Å². The molecule has 0 aromatic carbocycles. The minimum atomic E-state index is -0.643. The Morgan fingerprint density at radius 3 is 2.86 bits per heavy atom. The SMILES string of the molecule is CCC(C)(N)C(=O)CCc1ccsc1. The van der Waals surface area contributed by atoms with Crippen LogP contribution in [-0.4, -0.2) is 11.3 Å². The van der Waals surface area contributed by atoms with Crippen LogP contribution in [0, 0.1) is 0 Å². The lowest BCUT2D eigenvalue weighted by molar-refractivity contribution is -0.123. The Hall–Kier alpha value is -0.670. The summed E-state index contributed by atoms with van der Waals surface area (Å²) in [7, 11) is 0. The number of Topliss-reactive ketones (excluding diaryl/α,β-unsaturated/α-hetero) is 1. The molecule has 0 amide bonds. The van der Waals surface area contributed by atoms with Gasteiger partial charge in [0.05, 0.1) is 5.54 Å². The summed E-state index contributed by atoms with van der Waals surface area (Å²) in [5.74, 6) is 0.159. The molecule has 0 saturated carbocycles. The van der Waals surface area contributed by atoms with Crippen LogP contribution in [0.5, 0.6) is 0 Å². The van der Waals surface area contributed by atoms with Gasteiger partial charge in [0.1, 0.15) is 0 Å². The molecule has 0 radical (unpaired) electrons. The van der Waals surface area contributed by atoms with E-state index >= 15 is 0 Å². The average molecular weight is 211 g/mol. The van der Waals surface area contributed by atoms with Gasteiger partial charge in [0.2, 0.25) is 0 Å². The number of carbonyl (C=O) groups excluding carboxylic acids is 1. The average Bonchev–Trinajstić information content (AvgIpc) is 2.66. The van der Waals surface area contributed by atoms with Crippen LogP contribution < -0.4 is 5.73 Å². The van der Waals surface area contributed by atoms with Gasteiger partial charge in [0, 0.05) is 6.42 Å². The fourth-order valence-electron chi connectivity index (χ4n) is 1.18. The maximum Gasteiger partial charge on any atom is 0.152 e. The second kappa shape index (κ2) is 4.71. The monoisotopic (exact) mass is 211 g/mol. The largest absolute Gasteiger partial charge is 0.319 e. The van der Waals surface area contributed by atoms with Crippen molar-refractivity contribution in [3.8, 4) is 0 Å². The molecule has 2 N–H and O–H groups in total. The molecule has 0 aliphatic heterocycles. The van der Waals surface area contributed by atoms with Crippen molar-refractivity contribution in [2.45, 2.75) is 38.6 Å². The minimum Gasteiger partial charge on any atom is -0.319 e. The molecule has 0 aliphatic carbocycles. The maximum atomic E-state index is 11.7. The van der Waals surface area contributed by atoms with E-state index in [0.29, 0.717) is 12.8 Å². The van der Waals surface area contributed by atoms with Gasteiger partial charge in [0.15, 0.2) is 5.78 Å². The lowest BCUT2D eigenvalue weighted by Crippen LogP contribution is -2.44. The molecule has 1 unspecified atom stereocenters. The molecular weight excluding hydrogens is 194 g/mol. The first kappa shape index (κ1) is 11.4. The van der Waals surface area contributed by atoms with E-state index < -0.39 is 5.54 Å². The Morgan fingerprint density at radius 2 is 2.36 bits per heavy atom. The zero-order chi connectivity index (χ0) is 10.6. The Labute approximate surface area is 89.1 Å². The summed E-state index contributed by atoms with van der Waals surface area (Å²) in [5, 5.41) is 4.11. The summed E-state index contributed by atoms with van der Waals surface area (Å²) in [5.41, 5.74) is 6.44. The zero-order valence-electron chi connectivity index (χ0n) is 8.75. The minimum absolute atomic E-state index is 0.159. The Morgan fingerprint density at radius 1 is 1.64 bits per heavy atom. The smallest absolute Gasteiger partial charge is 0.152 e. The molecule has 14 heavy (non-hydrogen) atoms. The van der Waals surface area contributed by atoms with Crippen LogP contribution in [-0.2, 0) is 11.2 Å². The fraction of sp³-hybridized carbons (Fsp3) is 0.545. The molecule has 1 rings (SSSR count). The number of hydrogen-bond donors (Lipinski definition) is 1. The predicted molar refractivity (Wildman–Crippen MR) is 60.5 cm³/mol. The summed E-state index contributed by atoms with van der Waals surface area (Å²) >= 11 is 1.66. The van der Waals surface area contributed by atoms with E-state index in [9.17, 15) is 4.79 Å².